The molecule has 0 heterocycles. The maximum absolute atomic E-state index is 11.6. The van der Waals surface area contributed by atoms with Crippen LogP contribution in [0, 0.1) is 0 Å². The van der Waals surface area contributed by atoms with E-state index in [1.54, 1.807) is 3.58 Å². The topological polar surface area (TPSA) is 17.1 Å². The van der Waals surface area contributed by atoms with Gasteiger partial charge in [0.2, 0.25) is 0 Å². The van der Waals surface area contributed by atoms with Crippen LogP contribution in [0.25, 0.3) is 0 Å². The van der Waals surface area contributed by atoms with Crippen LogP contribution in [0.15, 0.2) is 30.3 Å². The molecular formula is C14H20OSn. The normalized spacial score (nSPS) is 22.1. The Labute approximate surface area is 102 Å². The molecule has 1 atom stereocenters. The molecule has 0 amide bonds. The Kier molecular flexibility index (Phi) is 3.73. The SMILES string of the molecule is [CH3][Sn]([CH3])([c]1ccccc1)[CH]1CCCC(=O)C1. The molecule has 0 spiro atoms. The van der Waals surface area contributed by atoms with Gasteiger partial charge in [0.05, 0.1) is 0 Å². The summed E-state index contributed by atoms with van der Waals surface area (Å²) in [6.07, 6.45) is 4.09. The van der Waals surface area contributed by atoms with Gasteiger partial charge in [-0.15, -0.1) is 0 Å². The second-order valence-corrected chi connectivity index (χ2v) is 19.2. The van der Waals surface area contributed by atoms with Gasteiger partial charge in [0.25, 0.3) is 0 Å². The fraction of sp³-hybridized carbons (Fsp3) is 0.500. The summed E-state index contributed by atoms with van der Waals surface area (Å²) in [4.78, 5) is 16.5. The van der Waals surface area contributed by atoms with Crippen LogP contribution in [0.3, 0.4) is 0 Å². The summed E-state index contributed by atoms with van der Waals surface area (Å²) in [6.45, 7) is 0. The number of Topliss-reactive ketones (excluding diaryl/α,β-unsaturated/α-hetero) is 1. The number of carbonyl (C=O) groups excluding carboxylic acids is 1. The monoisotopic (exact) mass is 324 g/mol. The molecule has 1 aromatic carbocycles. The van der Waals surface area contributed by atoms with Gasteiger partial charge in [0, 0.05) is 0 Å². The Balaban J connectivity index is 2.21. The number of hydrogen-bond donors (Lipinski definition) is 0. The van der Waals surface area contributed by atoms with Crippen molar-refractivity contribution in [3.63, 3.8) is 0 Å². The fourth-order valence-corrected chi connectivity index (χ4v) is 11.8. The predicted octanol–water partition coefficient (Wildman–Crippen LogP) is 3.12. The number of carbonyl (C=O) groups is 1. The summed E-state index contributed by atoms with van der Waals surface area (Å²) in [6, 6.07) is 10.9. The van der Waals surface area contributed by atoms with E-state index in [4.69, 9.17) is 0 Å². The van der Waals surface area contributed by atoms with Crippen molar-refractivity contribution in [2.24, 2.45) is 0 Å². The molecule has 1 aromatic rings. The third kappa shape index (κ3) is 2.50. The van der Waals surface area contributed by atoms with Gasteiger partial charge in [-0.3, -0.25) is 0 Å². The Morgan fingerprint density at radius 1 is 1.19 bits per heavy atom. The summed E-state index contributed by atoms with van der Waals surface area (Å²) >= 11 is -2.24. The van der Waals surface area contributed by atoms with Crippen molar-refractivity contribution >= 4 is 27.7 Å². The quantitative estimate of drug-likeness (QED) is 0.765. The van der Waals surface area contributed by atoms with Crippen molar-refractivity contribution in [3.8, 4) is 0 Å². The van der Waals surface area contributed by atoms with E-state index in [1.807, 2.05) is 0 Å². The first-order valence-corrected chi connectivity index (χ1v) is 15.0. The van der Waals surface area contributed by atoms with Gasteiger partial charge >= 0.3 is 102 Å². The first-order valence-electron chi connectivity index (χ1n) is 6.18. The molecule has 1 fully saturated rings. The van der Waals surface area contributed by atoms with Crippen LogP contribution >= 0.6 is 0 Å². The van der Waals surface area contributed by atoms with Crippen LogP contribution in [0.5, 0.6) is 0 Å². The van der Waals surface area contributed by atoms with E-state index >= 15 is 0 Å². The molecule has 1 aliphatic rings. The maximum atomic E-state index is 11.6. The van der Waals surface area contributed by atoms with E-state index in [1.165, 1.54) is 6.42 Å². The Morgan fingerprint density at radius 2 is 1.88 bits per heavy atom. The molecule has 1 nitrogen and oxygen atoms in total. The number of benzene rings is 1. The number of hydrogen-bond acceptors (Lipinski definition) is 1. The van der Waals surface area contributed by atoms with E-state index in [2.05, 4.69) is 40.2 Å². The minimum absolute atomic E-state index is 0.497. The molecule has 2 heteroatoms. The second kappa shape index (κ2) is 4.90. The molecule has 1 aliphatic carbocycles. The molecule has 1 saturated carbocycles. The van der Waals surface area contributed by atoms with Crippen molar-refractivity contribution in [1.82, 2.24) is 0 Å². The van der Waals surface area contributed by atoms with Gasteiger partial charge in [-0.2, -0.15) is 0 Å². The first-order chi connectivity index (χ1) is 7.60. The summed E-state index contributed by atoms with van der Waals surface area (Å²) in [5.41, 5.74) is 0. The molecule has 86 valence electrons. The van der Waals surface area contributed by atoms with Crippen LogP contribution in [-0.4, -0.2) is 24.2 Å². The molecule has 0 saturated heterocycles. The van der Waals surface area contributed by atoms with Gasteiger partial charge in [0.1, 0.15) is 0 Å². The van der Waals surface area contributed by atoms with Crippen molar-refractivity contribution in [1.29, 1.82) is 0 Å². The summed E-state index contributed by atoms with van der Waals surface area (Å²) in [7, 11) is 0. The summed E-state index contributed by atoms with van der Waals surface area (Å²) < 4.78 is 2.29. The van der Waals surface area contributed by atoms with Crippen molar-refractivity contribution in [2.75, 3.05) is 0 Å². The van der Waals surface area contributed by atoms with Gasteiger partial charge < -0.3 is 0 Å². The van der Waals surface area contributed by atoms with E-state index in [-0.39, 0.29) is 0 Å². The average molecular weight is 323 g/mol. The van der Waals surface area contributed by atoms with Crippen molar-refractivity contribution < 1.29 is 4.79 Å². The van der Waals surface area contributed by atoms with Crippen LogP contribution in [0.1, 0.15) is 25.7 Å². The fourth-order valence-electron chi connectivity index (χ4n) is 2.74. The van der Waals surface area contributed by atoms with Crippen LogP contribution in [0.4, 0.5) is 0 Å². The molecule has 2 rings (SSSR count). The van der Waals surface area contributed by atoms with E-state index in [0.717, 1.165) is 23.2 Å². The Hall–Kier alpha value is -0.311. The number of rotatable bonds is 2. The van der Waals surface area contributed by atoms with Crippen LogP contribution in [-0.2, 0) is 4.79 Å². The van der Waals surface area contributed by atoms with Crippen molar-refractivity contribution in [3.05, 3.63) is 30.3 Å². The zero-order valence-corrected chi connectivity index (χ0v) is 13.1. The zero-order chi connectivity index (χ0) is 11.6. The van der Waals surface area contributed by atoms with E-state index in [0.29, 0.717) is 5.78 Å². The summed E-state index contributed by atoms with van der Waals surface area (Å²) in [5, 5.41) is 0. The standard InChI is InChI=1S/C6H9O.C6H5.2CH3.Sn/c7-6-4-2-1-3-5-6;1-2-4-6-5-3-1;;;/h2H,1,3-5H2;1-5H;2*1H3;. The van der Waals surface area contributed by atoms with Gasteiger partial charge in [-0.25, -0.2) is 0 Å². The minimum atomic E-state index is -2.24. The summed E-state index contributed by atoms with van der Waals surface area (Å²) in [5.74, 6) is 0.497. The third-order valence-electron chi connectivity index (χ3n) is 4.02. The first kappa shape index (κ1) is 12.2. The van der Waals surface area contributed by atoms with Crippen molar-refractivity contribution in [2.45, 2.75) is 39.5 Å². The van der Waals surface area contributed by atoms with Gasteiger partial charge in [-0.05, 0) is 0 Å². The average Bonchev–Trinajstić information content (AvgIpc) is 2.30. The second-order valence-electron chi connectivity index (χ2n) is 5.42. The van der Waals surface area contributed by atoms with Gasteiger partial charge in [-0.1, -0.05) is 0 Å². The molecule has 0 radical (unpaired) electrons. The number of ketones is 1. The van der Waals surface area contributed by atoms with Crippen LogP contribution in [0.2, 0.25) is 13.8 Å². The van der Waals surface area contributed by atoms with E-state index < -0.39 is 18.4 Å². The molecule has 0 bridgehead atoms. The zero-order valence-electron chi connectivity index (χ0n) is 10.2. The molecular weight excluding hydrogens is 303 g/mol. The Morgan fingerprint density at radius 3 is 2.50 bits per heavy atom. The van der Waals surface area contributed by atoms with Crippen LogP contribution < -0.4 is 3.58 Å². The molecule has 16 heavy (non-hydrogen) atoms. The molecule has 0 N–H and O–H groups in total. The Bertz CT molecular complexity index is 370. The molecule has 0 aromatic heterocycles. The molecule has 1 unspecified atom stereocenters. The molecule has 0 aliphatic heterocycles. The third-order valence-corrected chi connectivity index (χ3v) is 16.5. The van der Waals surface area contributed by atoms with E-state index in [9.17, 15) is 4.79 Å². The van der Waals surface area contributed by atoms with Gasteiger partial charge in [0.15, 0.2) is 0 Å². The predicted molar refractivity (Wildman–Crippen MR) is 70.8 cm³/mol.